The minimum Gasteiger partial charge on any atom is -0.396 e. The summed E-state index contributed by atoms with van der Waals surface area (Å²) in [5, 5.41) is 12.5. The first-order valence-corrected chi connectivity index (χ1v) is 5.90. The predicted molar refractivity (Wildman–Crippen MR) is 65.1 cm³/mol. The van der Waals surface area contributed by atoms with Crippen molar-refractivity contribution in [3.63, 3.8) is 0 Å². The van der Waals surface area contributed by atoms with Gasteiger partial charge in [0.05, 0.1) is 6.04 Å². The second-order valence-electron chi connectivity index (χ2n) is 4.65. The molecule has 0 bridgehead atoms. The van der Waals surface area contributed by atoms with Crippen molar-refractivity contribution in [2.24, 2.45) is 13.0 Å². The molecule has 92 valence electrons. The maximum absolute atomic E-state index is 9.02. The molecule has 0 aliphatic heterocycles. The van der Waals surface area contributed by atoms with Gasteiger partial charge in [-0.2, -0.15) is 0 Å². The summed E-state index contributed by atoms with van der Waals surface area (Å²) in [6, 6.07) is 0.538. The Morgan fingerprint density at radius 1 is 1.44 bits per heavy atom. The zero-order valence-corrected chi connectivity index (χ0v) is 10.6. The molecule has 0 amide bonds. The van der Waals surface area contributed by atoms with Crippen LogP contribution in [0.1, 0.15) is 39.1 Å². The molecule has 2 atom stereocenters. The van der Waals surface area contributed by atoms with Crippen molar-refractivity contribution in [2.75, 3.05) is 6.61 Å². The fraction of sp³-hybridized carbons (Fsp3) is 0.750. The van der Waals surface area contributed by atoms with E-state index in [2.05, 4.69) is 31.1 Å². The molecule has 0 radical (unpaired) electrons. The lowest BCUT2D eigenvalue weighted by Crippen LogP contribution is -2.37. The maximum atomic E-state index is 9.02. The monoisotopic (exact) mass is 225 g/mol. The van der Waals surface area contributed by atoms with Crippen LogP contribution in [0.4, 0.5) is 0 Å². The molecule has 2 unspecified atom stereocenters. The minimum atomic E-state index is 0.207. The average Bonchev–Trinajstić information content (AvgIpc) is 2.63. The molecular weight excluding hydrogens is 202 g/mol. The Kier molecular flexibility index (Phi) is 4.96. The van der Waals surface area contributed by atoms with E-state index in [0.29, 0.717) is 12.0 Å². The molecule has 0 fully saturated rings. The van der Waals surface area contributed by atoms with Crippen LogP contribution in [0.2, 0.25) is 0 Å². The van der Waals surface area contributed by atoms with Crippen LogP contribution < -0.4 is 5.32 Å². The molecule has 0 saturated carbocycles. The molecule has 16 heavy (non-hydrogen) atoms. The van der Waals surface area contributed by atoms with Crippen molar-refractivity contribution in [3.05, 3.63) is 18.2 Å². The van der Waals surface area contributed by atoms with E-state index in [-0.39, 0.29) is 12.6 Å². The lowest BCUT2D eigenvalue weighted by Gasteiger charge is -2.25. The van der Waals surface area contributed by atoms with Gasteiger partial charge in [0.2, 0.25) is 0 Å². The van der Waals surface area contributed by atoms with Gasteiger partial charge in [0, 0.05) is 32.1 Å². The van der Waals surface area contributed by atoms with Crippen LogP contribution in [-0.4, -0.2) is 27.3 Å². The van der Waals surface area contributed by atoms with Crippen molar-refractivity contribution in [3.8, 4) is 0 Å². The smallest absolute Gasteiger partial charge is 0.125 e. The van der Waals surface area contributed by atoms with Gasteiger partial charge in [0.15, 0.2) is 0 Å². The largest absolute Gasteiger partial charge is 0.396 e. The molecular formula is C12H23N3O. The molecule has 1 heterocycles. The standard InChI is InChI=1S/C12H23N3O/c1-9(2)11(5-8-16)14-10(3)12-13-6-7-15(12)4/h6-7,9-11,14,16H,5,8H2,1-4H3. The number of imidazole rings is 1. The zero-order chi connectivity index (χ0) is 12.1. The van der Waals surface area contributed by atoms with Gasteiger partial charge in [-0.05, 0) is 19.3 Å². The maximum Gasteiger partial charge on any atom is 0.125 e. The SMILES string of the molecule is CC(NC(CCO)C(C)C)c1nccn1C. The number of hydrogen-bond donors (Lipinski definition) is 2. The summed E-state index contributed by atoms with van der Waals surface area (Å²) in [7, 11) is 2.00. The number of nitrogens with one attached hydrogen (secondary N) is 1. The van der Waals surface area contributed by atoms with E-state index in [9.17, 15) is 0 Å². The van der Waals surface area contributed by atoms with Crippen molar-refractivity contribution < 1.29 is 5.11 Å². The quantitative estimate of drug-likeness (QED) is 0.771. The van der Waals surface area contributed by atoms with E-state index in [1.165, 1.54) is 0 Å². The summed E-state index contributed by atoms with van der Waals surface area (Å²) in [4.78, 5) is 4.33. The summed E-state index contributed by atoms with van der Waals surface area (Å²) in [6.45, 7) is 6.66. The van der Waals surface area contributed by atoms with Crippen LogP contribution in [0.15, 0.2) is 12.4 Å². The van der Waals surface area contributed by atoms with Gasteiger partial charge >= 0.3 is 0 Å². The third-order valence-electron chi connectivity index (χ3n) is 2.95. The lowest BCUT2D eigenvalue weighted by molar-refractivity contribution is 0.235. The van der Waals surface area contributed by atoms with Crippen molar-refractivity contribution in [1.29, 1.82) is 0 Å². The van der Waals surface area contributed by atoms with E-state index in [1.54, 1.807) is 0 Å². The van der Waals surface area contributed by atoms with E-state index < -0.39 is 0 Å². The molecule has 4 nitrogen and oxygen atoms in total. The van der Waals surface area contributed by atoms with Gasteiger partial charge in [0.25, 0.3) is 0 Å². The van der Waals surface area contributed by atoms with Gasteiger partial charge in [-0.1, -0.05) is 13.8 Å². The van der Waals surface area contributed by atoms with Crippen molar-refractivity contribution in [2.45, 2.75) is 39.3 Å². The molecule has 1 aromatic heterocycles. The zero-order valence-electron chi connectivity index (χ0n) is 10.6. The predicted octanol–water partition coefficient (Wildman–Crippen LogP) is 1.48. The molecule has 1 aromatic rings. The lowest BCUT2D eigenvalue weighted by atomic mass is 10.0. The second kappa shape index (κ2) is 6.01. The molecule has 1 rings (SSSR count). The van der Waals surface area contributed by atoms with Crippen LogP contribution in [0.3, 0.4) is 0 Å². The Morgan fingerprint density at radius 2 is 2.12 bits per heavy atom. The third kappa shape index (κ3) is 3.32. The second-order valence-corrected chi connectivity index (χ2v) is 4.65. The van der Waals surface area contributed by atoms with Gasteiger partial charge in [-0.25, -0.2) is 4.98 Å². The number of hydrogen-bond acceptors (Lipinski definition) is 3. The van der Waals surface area contributed by atoms with Crippen LogP contribution in [0, 0.1) is 5.92 Å². The first-order chi connectivity index (χ1) is 7.56. The number of aliphatic hydroxyl groups excluding tert-OH is 1. The molecule has 4 heteroatoms. The van der Waals surface area contributed by atoms with E-state index in [1.807, 2.05) is 24.0 Å². The normalized spacial score (nSPS) is 15.4. The Balaban J connectivity index is 2.61. The molecule has 2 N–H and O–H groups in total. The summed E-state index contributed by atoms with van der Waals surface area (Å²) in [5.41, 5.74) is 0. The summed E-state index contributed by atoms with van der Waals surface area (Å²) in [5.74, 6) is 1.54. The minimum absolute atomic E-state index is 0.207. The fourth-order valence-electron chi connectivity index (χ4n) is 1.94. The van der Waals surface area contributed by atoms with Gasteiger partial charge in [-0.3, -0.25) is 0 Å². The van der Waals surface area contributed by atoms with Crippen LogP contribution in [0.5, 0.6) is 0 Å². The van der Waals surface area contributed by atoms with Crippen LogP contribution in [-0.2, 0) is 7.05 Å². The Morgan fingerprint density at radius 3 is 2.56 bits per heavy atom. The molecule has 0 aliphatic rings. The number of aromatic nitrogens is 2. The Bertz CT molecular complexity index is 309. The van der Waals surface area contributed by atoms with E-state index in [0.717, 1.165) is 12.2 Å². The highest BCUT2D eigenvalue weighted by Gasteiger charge is 2.18. The topological polar surface area (TPSA) is 50.1 Å². The van der Waals surface area contributed by atoms with Gasteiger partial charge < -0.3 is 15.0 Å². The third-order valence-corrected chi connectivity index (χ3v) is 2.95. The number of aliphatic hydroxyl groups is 1. The number of rotatable bonds is 6. The van der Waals surface area contributed by atoms with Crippen LogP contribution in [0.25, 0.3) is 0 Å². The Labute approximate surface area is 97.7 Å². The first kappa shape index (κ1) is 13.2. The molecule has 0 saturated heterocycles. The average molecular weight is 225 g/mol. The highest BCUT2D eigenvalue weighted by atomic mass is 16.3. The van der Waals surface area contributed by atoms with Crippen LogP contribution >= 0.6 is 0 Å². The highest BCUT2D eigenvalue weighted by Crippen LogP contribution is 2.14. The molecule has 0 aliphatic carbocycles. The highest BCUT2D eigenvalue weighted by molar-refractivity contribution is 4.98. The Hall–Kier alpha value is -0.870. The number of aryl methyl sites for hydroxylation is 1. The van der Waals surface area contributed by atoms with Gasteiger partial charge in [-0.15, -0.1) is 0 Å². The van der Waals surface area contributed by atoms with E-state index in [4.69, 9.17) is 5.11 Å². The van der Waals surface area contributed by atoms with Crippen molar-refractivity contribution >= 4 is 0 Å². The summed E-state index contributed by atoms with van der Waals surface area (Å²) < 4.78 is 2.02. The molecule has 0 aromatic carbocycles. The summed E-state index contributed by atoms with van der Waals surface area (Å²) in [6.07, 6.45) is 4.54. The summed E-state index contributed by atoms with van der Waals surface area (Å²) >= 11 is 0. The van der Waals surface area contributed by atoms with E-state index >= 15 is 0 Å². The van der Waals surface area contributed by atoms with Gasteiger partial charge in [0.1, 0.15) is 5.82 Å². The fourth-order valence-corrected chi connectivity index (χ4v) is 1.94. The van der Waals surface area contributed by atoms with Crippen molar-refractivity contribution in [1.82, 2.24) is 14.9 Å². The number of nitrogens with zero attached hydrogens (tertiary/aromatic N) is 2. The first-order valence-electron chi connectivity index (χ1n) is 5.90. The molecule has 0 spiro atoms.